The number of hydrogen-bond acceptors (Lipinski definition) is 4. The van der Waals surface area contributed by atoms with Gasteiger partial charge in [-0.05, 0) is 36.4 Å². The fourth-order valence-electron chi connectivity index (χ4n) is 1.59. The molecule has 0 atom stereocenters. The quantitative estimate of drug-likeness (QED) is 0.852. The molecule has 2 aromatic rings. The van der Waals surface area contributed by atoms with Crippen LogP contribution in [0, 0.1) is 0 Å². The summed E-state index contributed by atoms with van der Waals surface area (Å²) in [5.74, 6) is 0.616. The summed E-state index contributed by atoms with van der Waals surface area (Å²) in [6.45, 7) is 0.298. The van der Waals surface area contributed by atoms with Crippen molar-refractivity contribution < 1.29 is 5.11 Å². The van der Waals surface area contributed by atoms with Gasteiger partial charge < -0.3 is 5.11 Å². The lowest BCUT2D eigenvalue weighted by Gasteiger charge is -2.15. The van der Waals surface area contributed by atoms with Crippen LogP contribution in [0.15, 0.2) is 42.7 Å². The van der Waals surface area contributed by atoms with E-state index < -0.39 is 0 Å². The number of halogens is 1. The van der Waals surface area contributed by atoms with E-state index in [1.165, 1.54) is 4.42 Å². The zero-order valence-electron chi connectivity index (χ0n) is 10.3. The van der Waals surface area contributed by atoms with Gasteiger partial charge in [0.1, 0.15) is 5.82 Å². The second kappa shape index (κ2) is 6.87. The summed E-state index contributed by atoms with van der Waals surface area (Å²) in [4.78, 5) is 8.43. The predicted octanol–water partition coefficient (Wildman–Crippen LogP) is 2.60. The Kier molecular flexibility index (Phi) is 4.89. The van der Waals surface area contributed by atoms with Crippen molar-refractivity contribution in [3.8, 4) is 0 Å². The molecule has 0 aliphatic rings. The van der Waals surface area contributed by atoms with E-state index in [0.717, 1.165) is 11.3 Å². The van der Waals surface area contributed by atoms with E-state index in [1.54, 1.807) is 12.4 Å². The van der Waals surface area contributed by atoms with Gasteiger partial charge in [0.2, 0.25) is 0 Å². The molecular weight excluding hydrogens is 262 g/mol. The van der Waals surface area contributed by atoms with Gasteiger partial charge in [0.25, 0.3) is 0 Å². The summed E-state index contributed by atoms with van der Waals surface area (Å²) in [7, 11) is 0. The van der Waals surface area contributed by atoms with Crippen LogP contribution in [0.1, 0.15) is 11.3 Å². The average Bonchev–Trinajstić information content (AvgIpc) is 2.47. The van der Waals surface area contributed by atoms with Crippen LogP contribution in [0.2, 0.25) is 0 Å². The third-order valence-electron chi connectivity index (χ3n) is 2.46. The first-order valence-electron chi connectivity index (χ1n) is 5.89. The highest BCUT2D eigenvalue weighted by molar-refractivity contribution is 6.25. The monoisotopic (exact) mass is 275 g/mol. The molecule has 2 heterocycles. The molecule has 5 heteroatoms. The van der Waals surface area contributed by atoms with Crippen molar-refractivity contribution in [2.45, 2.75) is 0 Å². The predicted molar refractivity (Wildman–Crippen MR) is 77.7 cm³/mol. The van der Waals surface area contributed by atoms with Gasteiger partial charge in [0, 0.05) is 29.7 Å². The number of rotatable bonds is 5. The minimum absolute atomic E-state index is 0.0243. The van der Waals surface area contributed by atoms with Crippen LogP contribution in [-0.2, 0) is 0 Å². The van der Waals surface area contributed by atoms with Crippen molar-refractivity contribution in [1.82, 2.24) is 9.97 Å². The summed E-state index contributed by atoms with van der Waals surface area (Å²) in [6, 6.07) is 9.46. The Bertz CT molecular complexity index is 545. The average molecular weight is 276 g/mol. The van der Waals surface area contributed by atoms with Crippen molar-refractivity contribution in [2.75, 3.05) is 17.6 Å². The topological polar surface area (TPSA) is 49.2 Å². The van der Waals surface area contributed by atoms with Gasteiger partial charge in [0.05, 0.1) is 18.8 Å². The fraction of sp³-hybridized carbons (Fsp3) is 0.143. The molecule has 0 bridgehead atoms. The van der Waals surface area contributed by atoms with Crippen molar-refractivity contribution in [3.63, 3.8) is 0 Å². The van der Waals surface area contributed by atoms with Crippen LogP contribution in [0.5, 0.6) is 0 Å². The Morgan fingerprint density at radius 2 is 1.95 bits per heavy atom. The molecular formula is C14H14ClN3O. The lowest BCUT2D eigenvalue weighted by molar-refractivity contribution is 0.307. The lowest BCUT2D eigenvalue weighted by Crippen LogP contribution is -2.17. The first-order valence-corrected chi connectivity index (χ1v) is 6.23. The van der Waals surface area contributed by atoms with Gasteiger partial charge in [-0.15, -0.1) is 0 Å². The molecule has 2 aromatic heterocycles. The Balaban J connectivity index is 2.23. The van der Waals surface area contributed by atoms with Gasteiger partial charge in [-0.25, -0.2) is 4.98 Å². The first-order chi connectivity index (χ1) is 9.31. The normalized spacial score (nSPS) is 10.8. The zero-order valence-corrected chi connectivity index (χ0v) is 11.0. The molecule has 19 heavy (non-hydrogen) atoms. The molecule has 0 amide bonds. The Morgan fingerprint density at radius 1 is 1.11 bits per heavy atom. The Hall–Kier alpha value is -1.91. The smallest absolute Gasteiger partial charge is 0.150 e. The van der Waals surface area contributed by atoms with E-state index in [4.69, 9.17) is 16.9 Å². The van der Waals surface area contributed by atoms with Crippen LogP contribution in [0.3, 0.4) is 0 Å². The second-order valence-electron chi connectivity index (χ2n) is 3.81. The van der Waals surface area contributed by atoms with Gasteiger partial charge in [-0.3, -0.25) is 9.40 Å². The molecule has 98 valence electrons. The number of hydrogen-bond donors (Lipinski definition) is 1. The maximum absolute atomic E-state index is 8.91. The summed E-state index contributed by atoms with van der Waals surface area (Å²) in [5.41, 5.74) is 1.73. The molecule has 1 N–H and O–H groups in total. The lowest BCUT2D eigenvalue weighted by atomic mass is 10.2. The van der Waals surface area contributed by atoms with Crippen LogP contribution < -0.4 is 4.42 Å². The molecule has 2 rings (SSSR count). The number of aliphatic hydroxyl groups is 1. The van der Waals surface area contributed by atoms with E-state index in [-0.39, 0.29) is 6.61 Å². The fourth-order valence-corrected chi connectivity index (χ4v) is 1.80. The zero-order chi connectivity index (χ0) is 13.5. The van der Waals surface area contributed by atoms with Crippen molar-refractivity contribution in [2.24, 2.45) is 0 Å². The van der Waals surface area contributed by atoms with Crippen LogP contribution in [0.25, 0.3) is 12.2 Å². The first kappa shape index (κ1) is 13.5. The number of aliphatic hydroxyl groups excluding tert-OH is 1. The highest BCUT2D eigenvalue weighted by Gasteiger charge is 2.07. The van der Waals surface area contributed by atoms with Gasteiger partial charge in [-0.2, -0.15) is 0 Å². The third-order valence-corrected chi connectivity index (χ3v) is 2.79. The van der Waals surface area contributed by atoms with Crippen LogP contribution in [-0.4, -0.2) is 28.2 Å². The minimum atomic E-state index is -0.0243. The number of anilines is 1. The van der Waals surface area contributed by atoms with Crippen molar-refractivity contribution in [1.29, 1.82) is 0 Å². The largest absolute Gasteiger partial charge is 0.394 e. The molecule has 0 radical (unpaired) electrons. The summed E-state index contributed by atoms with van der Waals surface area (Å²) >= 11 is 6.05. The number of nitrogens with zero attached hydrogens (tertiary/aromatic N) is 3. The van der Waals surface area contributed by atoms with Crippen LogP contribution in [0.4, 0.5) is 5.82 Å². The van der Waals surface area contributed by atoms with Gasteiger partial charge in [0.15, 0.2) is 0 Å². The molecule has 0 aliphatic carbocycles. The second-order valence-corrected chi connectivity index (χ2v) is 4.22. The molecule has 4 nitrogen and oxygen atoms in total. The van der Waals surface area contributed by atoms with E-state index in [0.29, 0.717) is 12.4 Å². The third kappa shape index (κ3) is 3.77. The van der Waals surface area contributed by atoms with Gasteiger partial charge >= 0.3 is 0 Å². The molecule has 0 aliphatic heterocycles. The maximum atomic E-state index is 8.91. The molecule has 0 unspecified atom stereocenters. The van der Waals surface area contributed by atoms with Gasteiger partial charge in [-0.1, -0.05) is 6.07 Å². The number of aromatic nitrogens is 2. The summed E-state index contributed by atoms with van der Waals surface area (Å²) < 4.78 is 1.40. The SMILES string of the molecule is OCCN(Cl)c1ncccc1/C=C/c1ccccn1. The molecule has 0 fully saturated rings. The summed E-state index contributed by atoms with van der Waals surface area (Å²) in [6.07, 6.45) is 7.20. The Labute approximate surface area is 117 Å². The molecule has 0 saturated heterocycles. The maximum Gasteiger partial charge on any atom is 0.150 e. The highest BCUT2D eigenvalue weighted by Crippen LogP contribution is 2.20. The van der Waals surface area contributed by atoms with E-state index in [9.17, 15) is 0 Å². The summed E-state index contributed by atoms with van der Waals surface area (Å²) in [5, 5.41) is 8.91. The molecule has 0 saturated carbocycles. The highest BCUT2D eigenvalue weighted by atomic mass is 35.5. The number of pyridine rings is 2. The van der Waals surface area contributed by atoms with Crippen molar-refractivity contribution >= 4 is 29.7 Å². The van der Waals surface area contributed by atoms with E-state index in [2.05, 4.69) is 9.97 Å². The van der Waals surface area contributed by atoms with E-state index >= 15 is 0 Å². The minimum Gasteiger partial charge on any atom is -0.394 e. The standard InChI is InChI=1S/C14H14ClN3O/c15-18(10-11-19)14-12(4-3-9-17-14)6-7-13-5-1-2-8-16-13/h1-9,19H,10-11H2/b7-6+. The Morgan fingerprint density at radius 3 is 2.68 bits per heavy atom. The molecule has 0 aromatic carbocycles. The van der Waals surface area contributed by atoms with E-state index in [1.807, 2.05) is 42.5 Å². The van der Waals surface area contributed by atoms with Crippen molar-refractivity contribution in [3.05, 3.63) is 54.0 Å². The molecule has 0 spiro atoms. The van der Waals surface area contributed by atoms with Crippen LogP contribution >= 0.6 is 11.8 Å².